The summed E-state index contributed by atoms with van der Waals surface area (Å²) in [6, 6.07) is 5.88. The summed E-state index contributed by atoms with van der Waals surface area (Å²) in [4.78, 5) is 11.2. The number of hydrogen-bond acceptors (Lipinski definition) is 3. The lowest BCUT2D eigenvalue weighted by Gasteiger charge is -2.11. The molecule has 1 aromatic rings. The number of nitriles is 1. The van der Waals surface area contributed by atoms with Crippen LogP contribution in [0.25, 0.3) is 5.57 Å². The maximum Gasteiger partial charge on any atom is 0.339 e. The number of aliphatic hydroxyl groups excluding tert-OH is 1. The summed E-state index contributed by atoms with van der Waals surface area (Å²) in [7, 11) is 0. The van der Waals surface area contributed by atoms with Gasteiger partial charge in [-0.3, -0.25) is 0 Å². The Kier molecular flexibility index (Phi) is 4.71. The van der Waals surface area contributed by atoms with Gasteiger partial charge in [0.15, 0.2) is 0 Å². The molecule has 1 saturated carbocycles. The second-order valence-corrected chi connectivity index (χ2v) is 5.70. The molecule has 118 valence electrons. The molecule has 1 aliphatic carbocycles. The van der Waals surface area contributed by atoms with Crippen LogP contribution in [0, 0.1) is 18.3 Å². The molecule has 4 heteroatoms. The lowest BCUT2D eigenvalue weighted by atomic mass is 9.92. The normalized spacial score (nSPS) is 15.2. The third-order valence-corrected chi connectivity index (χ3v) is 3.96. The molecule has 4 nitrogen and oxygen atoms in total. The SMILES string of the molecule is C=C(/C=C(C(=O)O)\C(O)=C/C)c1cc(C)c(C2CC2)c(C#N)c1. The molecule has 2 rings (SSSR count). The quantitative estimate of drug-likeness (QED) is 0.484. The molecule has 0 unspecified atom stereocenters. The lowest BCUT2D eigenvalue weighted by molar-refractivity contribution is -0.132. The highest BCUT2D eigenvalue weighted by Gasteiger charge is 2.28. The van der Waals surface area contributed by atoms with Crippen LogP contribution in [0.2, 0.25) is 0 Å². The zero-order valence-corrected chi connectivity index (χ0v) is 13.3. The van der Waals surface area contributed by atoms with Crippen LogP contribution in [0.1, 0.15) is 47.9 Å². The largest absolute Gasteiger partial charge is 0.507 e. The fraction of sp³-hybridized carbons (Fsp3) is 0.263. The van der Waals surface area contributed by atoms with Crippen molar-refractivity contribution in [2.75, 3.05) is 0 Å². The molecule has 1 fully saturated rings. The summed E-state index contributed by atoms with van der Waals surface area (Å²) in [5, 5.41) is 28.3. The van der Waals surface area contributed by atoms with Gasteiger partial charge in [0.05, 0.1) is 11.6 Å². The number of nitrogens with zero attached hydrogens (tertiary/aromatic N) is 1. The van der Waals surface area contributed by atoms with E-state index in [1.54, 1.807) is 13.0 Å². The van der Waals surface area contributed by atoms with Crippen LogP contribution < -0.4 is 0 Å². The van der Waals surface area contributed by atoms with Crippen molar-refractivity contribution in [2.24, 2.45) is 0 Å². The zero-order chi connectivity index (χ0) is 17.1. The van der Waals surface area contributed by atoms with E-state index >= 15 is 0 Å². The van der Waals surface area contributed by atoms with Gasteiger partial charge in [-0.2, -0.15) is 5.26 Å². The average Bonchev–Trinajstić information content (AvgIpc) is 3.34. The molecular formula is C19H19NO3. The number of allylic oxidation sites excluding steroid dienone is 3. The Labute approximate surface area is 135 Å². The van der Waals surface area contributed by atoms with Crippen molar-refractivity contribution < 1.29 is 15.0 Å². The molecule has 0 aromatic heterocycles. The smallest absolute Gasteiger partial charge is 0.339 e. The maximum absolute atomic E-state index is 11.2. The van der Waals surface area contributed by atoms with E-state index in [1.807, 2.05) is 13.0 Å². The summed E-state index contributed by atoms with van der Waals surface area (Å²) in [5.41, 5.74) is 3.62. The van der Waals surface area contributed by atoms with Crippen molar-refractivity contribution in [2.45, 2.75) is 32.6 Å². The van der Waals surface area contributed by atoms with Crippen LogP contribution in [0.5, 0.6) is 0 Å². The summed E-state index contributed by atoms with van der Waals surface area (Å²) < 4.78 is 0. The number of aliphatic hydroxyl groups is 1. The Morgan fingerprint density at radius 3 is 2.52 bits per heavy atom. The molecule has 2 N–H and O–H groups in total. The Morgan fingerprint density at radius 2 is 2.04 bits per heavy atom. The van der Waals surface area contributed by atoms with E-state index in [0.29, 0.717) is 22.6 Å². The Bertz CT molecular complexity index is 775. The minimum atomic E-state index is -1.23. The summed E-state index contributed by atoms with van der Waals surface area (Å²) in [5.74, 6) is -1.08. The Hall–Kier alpha value is -2.80. The van der Waals surface area contributed by atoms with E-state index in [2.05, 4.69) is 12.6 Å². The van der Waals surface area contributed by atoms with Gasteiger partial charge in [0, 0.05) is 0 Å². The van der Waals surface area contributed by atoms with Crippen molar-refractivity contribution in [3.63, 3.8) is 0 Å². The van der Waals surface area contributed by atoms with E-state index in [9.17, 15) is 20.3 Å². The monoisotopic (exact) mass is 309 g/mol. The van der Waals surface area contributed by atoms with Gasteiger partial charge in [0.2, 0.25) is 0 Å². The van der Waals surface area contributed by atoms with Gasteiger partial charge in [0.25, 0.3) is 0 Å². The molecule has 0 radical (unpaired) electrons. The standard InChI is InChI=1S/C19H19NO3/c1-4-17(21)16(19(22)23)8-11(2)14-7-12(3)18(13-5-6-13)15(9-14)10-20/h4,7-9,13,21H,2,5-6H2,1,3H3,(H,22,23)/b16-8+,17-4+. The van der Waals surface area contributed by atoms with E-state index in [0.717, 1.165) is 24.0 Å². The Morgan fingerprint density at radius 1 is 1.39 bits per heavy atom. The van der Waals surface area contributed by atoms with E-state index in [4.69, 9.17) is 0 Å². The van der Waals surface area contributed by atoms with Gasteiger partial charge in [-0.05, 0) is 73.1 Å². The zero-order valence-electron chi connectivity index (χ0n) is 13.3. The number of carbonyl (C=O) groups is 1. The molecule has 1 aromatic carbocycles. The topological polar surface area (TPSA) is 81.3 Å². The van der Waals surface area contributed by atoms with Crippen LogP contribution in [0.4, 0.5) is 0 Å². The third-order valence-electron chi connectivity index (χ3n) is 3.96. The summed E-state index contributed by atoms with van der Waals surface area (Å²) in [6.07, 6.45) is 4.85. The van der Waals surface area contributed by atoms with Gasteiger partial charge >= 0.3 is 5.97 Å². The first kappa shape index (κ1) is 16.6. The van der Waals surface area contributed by atoms with Crippen LogP contribution in [-0.4, -0.2) is 16.2 Å². The maximum atomic E-state index is 11.2. The number of aliphatic carboxylic acids is 1. The van der Waals surface area contributed by atoms with Crippen LogP contribution in [-0.2, 0) is 4.79 Å². The number of hydrogen-bond donors (Lipinski definition) is 2. The molecule has 0 atom stereocenters. The number of rotatable bonds is 5. The minimum absolute atomic E-state index is 0.222. The van der Waals surface area contributed by atoms with Gasteiger partial charge in [-0.15, -0.1) is 0 Å². The third kappa shape index (κ3) is 3.51. The van der Waals surface area contributed by atoms with Crippen LogP contribution in [0.15, 0.2) is 42.2 Å². The molecule has 0 aliphatic heterocycles. The minimum Gasteiger partial charge on any atom is -0.507 e. The Balaban J connectivity index is 2.46. The highest BCUT2D eigenvalue weighted by Crippen LogP contribution is 2.43. The van der Waals surface area contributed by atoms with Gasteiger partial charge in [0.1, 0.15) is 11.3 Å². The number of carboxylic acids is 1. The number of carboxylic acid groups (broad SMARTS) is 1. The first-order chi connectivity index (χ1) is 10.9. The predicted molar refractivity (Wildman–Crippen MR) is 89.0 cm³/mol. The highest BCUT2D eigenvalue weighted by molar-refractivity contribution is 5.94. The molecule has 23 heavy (non-hydrogen) atoms. The van der Waals surface area contributed by atoms with Crippen molar-refractivity contribution in [3.8, 4) is 6.07 Å². The summed E-state index contributed by atoms with van der Waals surface area (Å²) in [6.45, 7) is 7.39. The fourth-order valence-electron chi connectivity index (χ4n) is 2.65. The van der Waals surface area contributed by atoms with Crippen LogP contribution in [0.3, 0.4) is 0 Å². The highest BCUT2D eigenvalue weighted by atomic mass is 16.4. The first-order valence-electron chi connectivity index (χ1n) is 7.43. The van der Waals surface area contributed by atoms with E-state index < -0.39 is 5.97 Å². The van der Waals surface area contributed by atoms with Crippen molar-refractivity contribution in [1.82, 2.24) is 0 Å². The van der Waals surface area contributed by atoms with Crippen molar-refractivity contribution in [1.29, 1.82) is 5.26 Å². The molecule has 0 heterocycles. The summed E-state index contributed by atoms with van der Waals surface area (Å²) >= 11 is 0. The first-order valence-corrected chi connectivity index (χ1v) is 7.43. The molecule has 0 bridgehead atoms. The van der Waals surface area contributed by atoms with Gasteiger partial charge < -0.3 is 10.2 Å². The lowest BCUT2D eigenvalue weighted by Crippen LogP contribution is -2.04. The van der Waals surface area contributed by atoms with Gasteiger partial charge in [-0.1, -0.05) is 12.6 Å². The fourth-order valence-corrected chi connectivity index (χ4v) is 2.65. The number of benzene rings is 1. The second kappa shape index (κ2) is 6.53. The second-order valence-electron chi connectivity index (χ2n) is 5.70. The number of aryl methyl sites for hydroxylation is 1. The van der Waals surface area contributed by atoms with Crippen molar-refractivity contribution >= 4 is 11.5 Å². The molecular weight excluding hydrogens is 290 g/mol. The average molecular weight is 309 g/mol. The van der Waals surface area contributed by atoms with Crippen molar-refractivity contribution in [3.05, 3.63) is 64.4 Å². The van der Waals surface area contributed by atoms with E-state index in [1.165, 1.54) is 12.2 Å². The molecule has 1 aliphatic rings. The molecule has 0 amide bonds. The molecule has 0 spiro atoms. The van der Waals surface area contributed by atoms with Gasteiger partial charge in [-0.25, -0.2) is 4.79 Å². The van der Waals surface area contributed by atoms with Crippen LogP contribution >= 0.6 is 0 Å². The molecule has 0 saturated heterocycles. The predicted octanol–water partition coefficient (Wildman–Crippen LogP) is 4.23. The van der Waals surface area contributed by atoms with E-state index in [-0.39, 0.29) is 11.3 Å².